The lowest BCUT2D eigenvalue weighted by Crippen LogP contribution is -2.41. The molecule has 27 heavy (non-hydrogen) atoms. The fraction of sp³-hybridized carbons (Fsp3) is 0.200. The van der Waals surface area contributed by atoms with Crippen LogP contribution in [0, 0.1) is 5.82 Å². The maximum atomic E-state index is 12.8. The van der Waals surface area contributed by atoms with Crippen LogP contribution in [0.15, 0.2) is 54.7 Å². The molecule has 1 atom stereocenters. The summed E-state index contributed by atoms with van der Waals surface area (Å²) in [5.74, 6) is -2.02. The number of halogens is 1. The molecule has 0 bridgehead atoms. The van der Waals surface area contributed by atoms with Gasteiger partial charge in [0.2, 0.25) is 0 Å². The summed E-state index contributed by atoms with van der Waals surface area (Å²) in [5, 5.41) is 16.1. The van der Waals surface area contributed by atoms with Crippen LogP contribution in [0.2, 0.25) is 0 Å². The average molecular weight is 369 g/mol. The van der Waals surface area contributed by atoms with Gasteiger partial charge in [0.05, 0.1) is 6.10 Å². The van der Waals surface area contributed by atoms with E-state index in [4.69, 9.17) is 0 Å². The average Bonchev–Trinajstić information content (AvgIpc) is 3.05. The molecule has 0 saturated carbocycles. The van der Waals surface area contributed by atoms with Crippen molar-refractivity contribution >= 4 is 22.7 Å². The zero-order valence-electron chi connectivity index (χ0n) is 14.8. The van der Waals surface area contributed by atoms with Crippen molar-refractivity contribution < 1.29 is 19.1 Å². The molecule has 0 unspecified atom stereocenters. The highest BCUT2D eigenvalue weighted by molar-refractivity contribution is 6.35. The van der Waals surface area contributed by atoms with Gasteiger partial charge >= 0.3 is 11.8 Å². The topological polar surface area (TPSA) is 83.4 Å². The van der Waals surface area contributed by atoms with Crippen LogP contribution in [0.5, 0.6) is 0 Å². The molecule has 0 aliphatic heterocycles. The normalized spacial score (nSPS) is 12.0. The minimum absolute atomic E-state index is 0.0822. The van der Waals surface area contributed by atoms with E-state index in [1.165, 1.54) is 24.3 Å². The number of nitrogens with zero attached hydrogens (tertiary/aromatic N) is 1. The van der Waals surface area contributed by atoms with E-state index in [1.54, 1.807) is 6.07 Å². The van der Waals surface area contributed by atoms with Crippen LogP contribution < -0.4 is 10.6 Å². The number of carbonyl (C=O) groups is 2. The zero-order valence-corrected chi connectivity index (χ0v) is 14.8. The monoisotopic (exact) mass is 369 g/mol. The Morgan fingerprint density at radius 1 is 1.07 bits per heavy atom. The minimum Gasteiger partial charge on any atom is -0.387 e. The van der Waals surface area contributed by atoms with Crippen molar-refractivity contribution in [2.75, 3.05) is 6.54 Å². The number of nitrogens with one attached hydrogen (secondary N) is 2. The van der Waals surface area contributed by atoms with Crippen molar-refractivity contribution in [3.8, 4) is 0 Å². The molecule has 0 fully saturated rings. The molecule has 3 rings (SSSR count). The van der Waals surface area contributed by atoms with Crippen LogP contribution in [-0.4, -0.2) is 28.0 Å². The molecule has 0 aliphatic rings. The van der Waals surface area contributed by atoms with E-state index in [2.05, 4.69) is 10.6 Å². The summed E-state index contributed by atoms with van der Waals surface area (Å²) >= 11 is 0. The number of aliphatic hydroxyl groups is 1. The lowest BCUT2D eigenvalue weighted by atomic mass is 10.1. The Morgan fingerprint density at radius 2 is 1.78 bits per heavy atom. The highest BCUT2D eigenvalue weighted by Gasteiger charge is 2.16. The van der Waals surface area contributed by atoms with Gasteiger partial charge in [0.1, 0.15) is 5.82 Å². The summed E-state index contributed by atoms with van der Waals surface area (Å²) in [5.41, 5.74) is 2.37. The number of fused-ring (bicyclic) bond motifs is 1. The minimum atomic E-state index is -0.927. The van der Waals surface area contributed by atoms with Crippen LogP contribution in [0.4, 0.5) is 4.39 Å². The van der Waals surface area contributed by atoms with Crippen molar-refractivity contribution in [2.24, 2.45) is 7.05 Å². The second-order valence-corrected chi connectivity index (χ2v) is 6.28. The molecule has 3 N–H and O–H groups in total. The molecule has 0 aliphatic carbocycles. The van der Waals surface area contributed by atoms with Crippen LogP contribution in [-0.2, 0) is 23.2 Å². The fourth-order valence-electron chi connectivity index (χ4n) is 2.76. The number of aryl methyl sites for hydroxylation is 1. The molecule has 6 nitrogen and oxygen atoms in total. The van der Waals surface area contributed by atoms with E-state index in [0.29, 0.717) is 11.1 Å². The van der Waals surface area contributed by atoms with Crippen molar-refractivity contribution in [2.45, 2.75) is 12.6 Å². The number of aromatic nitrogens is 1. The third kappa shape index (κ3) is 4.51. The quantitative estimate of drug-likeness (QED) is 0.600. The van der Waals surface area contributed by atoms with Gasteiger partial charge in [-0.3, -0.25) is 9.59 Å². The van der Waals surface area contributed by atoms with Crippen molar-refractivity contribution in [1.29, 1.82) is 0 Å². The molecule has 1 heterocycles. The van der Waals surface area contributed by atoms with E-state index >= 15 is 0 Å². The molecule has 0 radical (unpaired) electrons. The SMILES string of the molecule is Cn1ccc2cc([C@@H](O)CNC(=O)C(=O)NCc3ccc(F)cc3)ccc21. The first-order valence-corrected chi connectivity index (χ1v) is 8.47. The molecular weight excluding hydrogens is 349 g/mol. The van der Waals surface area contributed by atoms with Gasteiger partial charge in [0, 0.05) is 31.9 Å². The van der Waals surface area contributed by atoms with Gasteiger partial charge in [-0.15, -0.1) is 0 Å². The molecule has 2 amide bonds. The molecule has 1 aromatic heterocycles. The Balaban J connectivity index is 1.50. The zero-order chi connectivity index (χ0) is 19.4. The van der Waals surface area contributed by atoms with Crippen molar-refractivity contribution in [1.82, 2.24) is 15.2 Å². The Hall–Kier alpha value is -3.19. The Labute approximate surface area is 155 Å². The van der Waals surface area contributed by atoms with Crippen LogP contribution >= 0.6 is 0 Å². The van der Waals surface area contributed by atoms with Gasteiger partial charge in [-0.1, -0.05) is 18.2 Å². The Bertz CT molecular complexity index is 966. The van der Waals surface area contributed by atoms with Crippen LogP contribution in [0.1, 0.15) is 17.2 Å². The van der Waals surface area contributed by atoms with Gasteiger partial charge in [0.25, 0.3) is 0 Å². The standard InChI is InChI=1S/C20H20FN3O3/c1-24-9-8-14-10-15(4-7-17(14)24)18(25)12-23-20(27)19(26)22-11-13-2-5-16(21)6-3-13/h2-10,18,25H,11-12H2,1H3,(H,22,26)(H,23,27)/t18-/m0/s1. The summed E-state index contributed by atoms with van der Waals surface area (Å²) in [6.07, 6.45) is 0.997. The van der Waals surface area contributed by atoms with Gasteiger partial charge in [-0.25, -0.2) is 4.39 Å². The number of hydrogen-bond donors (Lipinski definition) is 3. The third-order valence-corrected chi connectivity index (χ3v) is 4.32. The number of hydrogen-bond acceptors (Lipinski definition) is 3. The van der Waals surface area contributed by atoms with Gasteiger partial charge in [0.15, 0.2) is 0 Å². The molecule has 0 spiro atoms. The number of aliphatic hydroxyl groups excluding tert-OH is 1. The van der Waals surface area contributed by atoms with E-state index in [-0.39, 0.29) is 18.9 Å². The van der Waals surface area contributed by atoms with Crippen LogP contribution in [0.25, 0.3) is 10.9 Å². The fourth-order valence-corrected chi connectivity index (χ4v) is 2.76. The molecule has 2 aromatic carbocycles. The number of rotatable bonds is 5. The molecule has 3 aromatic rings. The maximum Gasteiger partial charge on any atom is 0.309 e. The predicted octanol–water partition coefficient (Wildman–Crippen LogP) is 1.78. The first-order chi connectivity index (χ1) is 12.9. The van der Waals surface area contributed by atoms with Gasteiger partial charge in [-0.2, -0.15) is 0 Å². The van der Waals surface area contributed by atoms with E-state index in [9.17, 15) is 19.1 Å². The van der Waals surface area contributed by atoms with Crippen molar-refractivity contribution in [3.05, 3.63) is 71.7 Å². The smallest absolute Gasteiger partial charge is 0.309 e. The number of amides is 2. The molecule has 140 valence electrons. The first kappa shape index (κ1) is 18.6. The highest BCUT2D eigenvalue weighted by atomic mass is 19.1. The highest BCUT2D eigenvalue weighted by Crippen LogP contribution is 2.20. The second kappa shape index (κ2) is 8.01. The van der Waals surface area contributed by atoms with E-state index in [0.717, 1.165) is 10.9 Å². The lowest BCUT2D eigenvalue weighted by Gasteiger charge is -2.13. The van der Waals surface area contributed by atoms with Gasteiger partial charge in [-0.05, 0) is 46.8 Å². The van der Waals surface area contributed by atoms with Crippen LogP contribution in [0.3, 0.4) is 0 Å². The summed E-state index contributed by atoms with van der Waals surface area (Å²) in [6, 6.07) is 13.1. The predicted molar refractivity (Wildman–Crippen MR) is 99.1 cm³/mol. The summed E-state index contributed by atoms with van der Waals surface area (Å²) in [7, 11) is 1.93. The molecular formula is C20H20FN3O3. The Morgan fingerprint density at radius 3 is 2.52 bits per heavy atom. The molecule has 7 heteroatoms. The molecule has 0 saturated heterocycles. The third-order valence-electron chi connectivity index (χ3n) is 4.32. The number of carbonyl (C=O) groups excluding carboxylic acids is 2. The maximum absolute atomic E-state index is 12.8. The second-order valence-electron chi connectivity index (χ2n) is 6.28. The summed E-state index contributed by atoms with van der Waals surface area (Å²) in [4.78, 5) is 23.7. The lowest BCUT2D eigenvalue weighted by molar-refractivity contribution is -0.139. The van der Waals surface area contributed by atoms with E-state index < -0.39 is 17.9 Å². The van der Waals surface area contributed by atoms with E-state index in [1.807, 2.05) is 36.0 Å². The first-order valence-electron chi connectivity index (χ1n) is 8.47. The largest absolute Gasteiger partial charge is 0.387 e. The van der Waals surface area contributed by atoms with Crippen molar-refractivity contribution in [3.63, 3.8) is 0 Å². The Kier molecular flexibility index (Phi) is 5.52. The summed E-state index contributed by atoms with van der Waals surface area (Å²) < 4.78 is 14.8. The van der Waals surface area contributed by atoms with Gasteiger partial charge < -0.3 is 20.3 Å². The number of benzene rings is 2. The summed E-state index contributed by atoms with van der Waals surface area (Å²) in [6.45, 7) is 0.0287.